The number of carbonyl (C=O) groups is 1. The van der Waals surface area contributed by atoms with Gasteiger partial charge in [0.25, 0.3) is 5.91 Å². The zero-order valence-corrected chi connectivity index (χ0v) is 18.1. The van der Waals surface area contributed by atoms with Crippen LogP contribution in [-0.4, -0.2) is 20.7 Å². The number of carbonyl (C=O) groups excluding carboxylic acids is 1. The summed E-state index contributed by atoms with van der Waals surface area (Å²) in [6, 6.07) is 20.0. The highest BCUT2D eigenvalue weighted by Crippen LogP contribution is 2.24. The van der Waals surface area contributed by atoms with Crippen LogP contribution in [-0.2, 0) is 6.42 Å². The molecule has 1 unspecified atom stereocenters. The van der Waals surface area contributed by atoms with Crippen LogP contribution in [0.2, 0.25) is 0 Å². The quantitative estimate of drug-likeness (QED) is 0.480. The van der Waals surface area contributed by atoms with Crippen LogP contribution in [0.25, 0.3) is 5.69 Å². The molecule has 0 saturated carbocycles. The van der Waals surface area contributed by atoms with Gasteiger partial charge in [-0.15, -0.1) is 11.3 Å². The van der Waals surface area contributed by atoms with Crippen LogP contribution in [0.15, 0.2) is 66.9 Å². The van der Waals surface area contributed by atoms with E-state index in [-0.39, 0.29) is 11.9 Å². The summed E-state index contributed by atoms with van der Waals surface area (Å²) in [6.07, 6.45) is 2.56. The molecule has 1 N–H and O–H groups in total. The Bertz CT molecular complexity index is 1150. The van der Waals surface area contributed by atoms with E-state index in [9.17, 15) is 4.79 Å². The number of aryl methyl sites for hydroxylation is 1. The van der Waals surface area contributed by atoms with Crippen molar-refractivity contribution in [1.29, 1.82) is 0 Å². The standard InChI is InChI=1S/C24H24N4OS/c1-16(21-15-25-28(18(21)3)20-12-8-5-9-13-20)27-24(29)23-17(2)26-22(30-23)14-19-10-6-4-7-11-19/h4-13,15-16H,14H2,1-3H3,(H,27,29). The lowest BCUT2D eigenvalue weighted by molar-refractivity contribution is 0.0943. The van der Waals surface area contributed by atoms with Crippen LogP contribution >= 0.6 is 11.3 Å². The molecule has 0 fully saturated rings. The van der Waals surface area contributed by atoms with Crippen molar-refractivity contribution in [2.45, 2.75) is 33.2 Å². The van der Waals surface area contributed by atoms with Gasteiger partial charge in [-0.2, -0.15) is 5.10 Å². The maximum absolute atomic E-state index is 12.9. The van der Waals surface area contributed by atoms with Crippen LogP contribution in [0.1, 0.15) is 50.2 Å². The van der Waals surface area contributed by atoms with E-state index in [0.29, 0.717) is 4.88 Å². The van der Waals surface area contributed by atoms with Crippen LogP contribution in [0.4, 0.5) is 0 Å². The minimum atomic E-state index is -0.158. The first kappa shape index (κ1) is 20.0. The first-order chi connectivity index (χ1) is 14.5. The van der Waals surface area contributed by atoms with Gasteiger partial charge in [0, 0.05) is 17.7 Å². The highest BCUT2D eigenvalue weighted by molar-refractivity contribution is 7.13. The molecule has 6 heteroatoms. The maximum Gasteiger partial charge on any atom is 0.263 e. The Kier molecular flexibility index (Phi) is 5.77. The lowest BCUT2D eigenvalue weighted by atomic mass is 10.1. The molecule has 1 atom stereocenters. The number of aromatic nitrogens is 3. The highest BCUT2D eigenvalue weighted by Gasteiger charge is 2.20. The SMILES string of the molecule is Cc1nc(Cc2ccccc2)sc1C(=O)NC(C)c1cnn(-c2ccccc2)c1C. The monoisotopic (exact) mass is 416 g/mol. The molecule has 152 valence electrons. The fraction of sp³-hybridized carbons (Fsp3) is 0.208. The number of benzene rings is 2. The molecule has 2 heterocycles. The third kappa shape index (κ3) is 4.19. The van der Waals surface area contributed by atoms with Crippen molar-refractivity contribution < 1.29 is 4.79 Å². The van der Waals surface area contributed by atoms with Crippen molar-refractivity contribution in [3.05, 3.63) is 99.3 Å². The van der Waals surface area contributed by atoms with Gasteiger partial charge < -0.3 is 5.32 Å². The van der Waals surface area contributed by atoms with Crippen molar-refractivity contribution in [2.75, 3.05) is 0 Å². The zero-order valence-electron chi connectivity index (χ0n) is 17.3. The molecule has 0 radical (unpaired) electrons. The normalized spacial score (nSPS) is 12.0. The average Bonchev–Trinajstić information content (AvgIpc) is 3.31. The van der Waals surface area contributed by atoms with Gasteiger partial charge in [-0.3, -0.25) is 4.79 Å². The van der Waals surface area contributed by atoms with Crippen LogP contribution in [0, 0.1) is 13.8 Å². The lowest BCUT2D eigenvalue weighted by Gasteiger charge is -2.14. The topological polar surface area (TPSA) is 59.8 Å². The van der Waals surface area contributed by atoms with Gasteiger partial charge in [0.2, 0.25) is 0 Å². The second-order valence-corrected chi connectivity index (χ2v) is 8.40. The summed E-state index contributed by atoms with van der Waals surface area (Å²) in [6.45, 7) is 5.90. The molecule has 5 nitrogen and oxygen atoms in total. The van der Waals surface area contributed by atoms with E-state index in [1.807, 2.05) is 80.2 Å². The van der Waals surface area contributed by atoms with Crippen LogP contribution < -0.4 is 5.32 Å². The first-order valence-corrected chi connectivity index (χ1v) is 10.8. The van der Waals surface area contributed by atoms with Crippen molar-refractivity contribution >= 4 is 17.2 Å². The third-order valence-corrected chi connectivity index (χ3v) is 6.26. The first-order valence-electron chi connectivity index (χ1n) is 9.94. The molecular weight excluding hydrogens is 392 g/mol. The van der Waals surface area contributed by atoms with E-state index in [0.717, 1.165) is 34.1 Å². The number of hydrogen-bond donors (Lipinski definition) is 1. The van der Waals surface area contributed by atoms with Gasteiger partial charge >= 0.3 is 0 Å². The summed E-state index contributed by atoms with van der Waals surface area (Å²) in [5.41, 5.74) is 4.98. The molecule has 0 saturated heterocycles. The number of thiazole rings is 1. The Morgan fingerprint density at radius 1 is 1.07 bits per heavy atom. The molecule has 0 bridgehead atoms. The van der Waals surface area contributed by atoms with Crippen molar-refractivity contribution in [3.8, 4) is 5.69 Å². The zero-order chi connectivity index (χ0) is 21.1. The van der Waals surface area contributed by atoms with E-state index in [1.54, 1.807) is 0 Å². The lowest BCUT2D eigenvalue weighted by Crippen LogP contribution is -2.26. The minimum absolute atomic E-state index is 0.0938. The number of nitrogens with zero attached hydrogens (tertiary/aromatic N) is 3. The Balaban J connectivity index is 1.49. The molecular formula is C24H24N4OS. The number of rotatable bonds is 6. The fourth-order valence-corrected chi connectivity index (χ4v) is 4.53. The molecule has 30 heavy (non-hydrogen) atoms. The van der Waals surface area contributed by atoms with Gasteiger partial charge in [0.05, 0.1) is 28.6 Å². The third-order valence-electron chi connectivity index (χ3n) is 5.11. The second kappa shape index (κ2) is 8.63. The summed E-state index contributed by atoms with van der Waals surface area (Å²) in [7, 11) is 0. The second-order valence-electron chi connectivity index (χ2n) is 7.31. The predicted molar refractivity (Wildman–Crippen MR) is 120 cm³/mol. The summed E-state index contributed by atoms with van der Waals surface area (Å²) in [4.78, 5) is 18.2. The number of hydrogen-bond acceptors (Lipinski definition) is 4. The molecule has 0 aliphatic heterocycles. The molecule has 0 aliphatic carbocycles. The van der Waals surface area contributed by atoms with Crippen molar-refractivity contribution in [1.82, 2.24) is 20.1 Å². The molecule has 0 aliphatic rings. The Morgan fingerprint density at radius 2 is 1.73 bits per heavy atom. The van der Waals surface area contributed by atoms with Gasteiger partial charge in [-0.05, 0) is 38.5 Å². The summed E-state index contributed by atoms with van der Waals surface area (Å²) in [5.74, 6) is -0.0938. The molecule has 4 rings (SSSR count). The predicted octanol–water partition coefficient (Wildman–Crippen LogP) is 5.03. The smallest absolute Gasteiger partial charge is 0.263 e. The fourth-order valence-electron chi connectivity index (χ4n) is 3.53. The molecule has 4 aromatic rings. The number of amides is 1. The van der Waals surface area contributed by atoms with Crippen molar-refractivity contribution in [3.63, 3.8) is 0 Å². The minimum Gasteiger partial charge on any atom is -0.345 e. The van der Waals surface area contributed by atoms with Gasteiger partial charge in [0.15, 0.2) is 0 Å². The molecule has 2 aromatic heterocycles. The van der Waals surface area contributed by atoms with Gasteiger partial charge in [0.1, 0.15) is 4.88 Å². The average molecular weight is 417 g/mol. The highest BCUT2D eigenvalue weighted by atomic mass is 32.1. The van der Waals surface area contributed by atoms with Crippen LogP contribution in [0.3, 0.4) is 0 Å². The Labute approximate surface area is 180 Å². The molecule has 0 spiro atoms. The van der Waals surface area contributed by atoms with Gasteiger partial charge in [-0.1, -0.05) is 48.5 Å². The number of para-hydroxylation sites is 1. The maximum atomic E-state index is 12.9. The summed E-state index contributed by atoms with van der Waals surface area (Å²) < 4.78 is 1.90. The van der Waals surface area contributed by atoms with Crippen LogP contribution in [0.5, 0.6) is 0 Å². The van der Waals surface area contributed by atoms with E-state index in [4.69, 9.17) is 0 Å². The molecule has 1 amide bonds. The van der Waals surface area contributed by atoms with E-state index >= 15 is 0 Å². The van der Waals surface area contributed by atoms with E-state index in [1.165, 1.54) is 16.9 Å². The molecule has 2 aromatic carbocycles. The van der Waals surface area contributed by atoms with Gasteiger partial charge in [-0.25, -0.2) is 9.67 Å². The van der Waals surface area contributed by atoms with E-state index in [2.05, 4.69) is 27.5 Å². The van der Waals surface area contributed by atoms with E-state index < -0.39 is 0 Å². The summed E-state index contributed by atoms with van der Waals surface area (Å²) in [5, 5.41) is 8.57. The number of nitrogens with one attached hydrogen (secondary N) is 1. The largest absolute Gasteiger partial charge is 0.345 e. The Hall–Kier alpha value is -3.25. The summed E-state index contributed by atoms with van der Waals surface area (Å²) >= 11 is 1.46. The van der Waals surface area contributed by atoms with Crippen molar-refractivity contribution in [2.24, 2.45) is 0 Å². The Morgan fingerprint density at radius 3 is 2.43 bits per heavy atom.